The van der Waals surface area contributed by atoms with E-state index in [0.717, 1.165) is 16.1 Å². The Labute approximate surface area is 139 Å². The van der Waals surface area contributed by atoms with E-state index in [4.69, 9.17) is 19.4 Å². The number of carbonyl (C=O) groups is 1. The minimum atomic E-state index is -0.433. The summed E-state index contributed by atoms with van der Waals surface area (Å²) in [7, 11) is 5.43. The molecule has 22 heavy (non-hydrogen) atoms. The van der Waals surface area contributed by atoms with Crippen LogP contribution in [0.4, 0.5) is 10.1 Å². The number of carbonyl (C=O) groups excluding carboxylic acids is 1. The maximum absolute atomic E-state index is 13.3. The number of rotatable bonds is 6. The number of nitrogens with one attached hydrogen (secondary N) is 2. The van der Waals surface area contributed by atoms with Gasteiger partial charge in [0.1, 0.15) is 19.5 Å². The van der Waals surface area contributed by atoms with Crippen LogP contribution in [0.15, 0.2) is 47.4 Å². The second-order valence-corrected chi connectivity index (χ2v) is 5.64. The molecular formula is C15H13BClFN2OS. The Bertz CT molecular complexity index is 654. The Balaban J connectivity index is 1.88. The van der Waals surface area contributed by atoms with Gasteiger partial charge in [0.05, 0.1) is 0 Å². The van der Waals surface area contributed by atoms with Crippen molar-refractivity contribution in [1.82, 2.24) is 5.32 Å². The van der Waals surface area contributed by atoms with Crippen molar-refractivity contribution in [3.05, 3.63) is 53.8 Å². The molecule has 0 saturated heterocycles. The predicted molar refractivity (Wildman–Crippen MR) is 90.3 cm³/mol. The number of hydrogen-bond donors (Lipinski definition) is 2. The van der Waals surface area contributed by atoms with Gasteiger partial charge in [-0.25, -0.2) is 4.39 Å². The molecule has 1 amide bonds. The van der Waals surface area contributed by atoms with Gasteiger partial charge in [-0.2, -0.15) is 0 Å². The number of amides is 1. The van der Waals surface area contributed by atoms with Gasteiger partial charge in [-0.15, -0.1) is 11.6 Å². The number of benzene rings is 2. The maximum atomic E-state index is 13.3. The summed E-state index contributed by atoms with van der Waals surface area (Å²) in [5, 5.41) is 2.69. The minimum absolute atomic E-state index is 0.0472. The van der Waals surface area contributed by atoms with Crippen LogP contribution in [0.5, 0.6) is 0 Å². The topological polar surface area (TPSA) is 41.1 Å². The van der Waals surface area contributed by atoms with E-state index in [2.05, 4.69) is 10.0 Å². The summed E-state index contributed by atoms with van der Waals surface area (Å²) in [6, 6.07) is 12.2. The Morgan fingerprint density at radius 3 is 2.59 bits per heavy atom. The molecule has 0 spiro atoms. The molecule has 2 aromatic rings. The fraction of sp³-hybridized carbons (Fsp3) is 0.133. The Kier molecular flexibility index (Phi) is 6.15. The summed E-state index contributed by atoms with van der Waals surface area (Å²) in [5.74, 6) is -0.684. The van der Waals surface area contributed by atoms with Crippen LogP contribution in [0, 0.1) is 5.82 Å². The third kappa shape index (κ3) is 4.96. The summed E-state index contributed by atoms with van der Waals surface area (Å²) in [4.78, 5) is 11.8. The fourth-order valence-electron chi connectivity index (χ4n) is 1.63. The number of alkyl halides is 1. The van der Waals surface area contributed by atoms with Gasteiger partial charge in [0.2, 0.25) is 5.91 Å². The maximum Gasteiger partial charge on any atom is 0.235 e. The summed E-state index contributed by atoms with van der Waals surface area (Å²) in [6.07, 6.45) is 0. The predicted octanol–water partition coefficient (Wildman–Crippen LogP) is 2.59. The monoisotopic (exact) mass is 334 g/mol. The Morgan fingerprint density at radius 1 is 1.23 bits per heavy atom. The van der Waals surface area contributed by atoms with Crippen LogP contribution in [0.25, 0.3) is 0 Å². The van der Waals surface area contributed by atoms with Gasteiger partial charge >= 0.3 is 0 Å². The van der Waals surface area contributed by atoms with Gasteiger partial charge in [0.15, 0.2) is 0 Å². The fourth-order valence-corrected chi connectivity index (χ4v) is 2.39. The van der Waals surface area contributed by atoms with Crippen molar-refractivity contribution < 1.29 is 9.18 Å². The van der Waals surface area contributed by atoms with Crippen molar-refractivity contribution in [2.45, 2.75) is 11.4 Å². The van der Waals surface area contributed by atoms with Crippen LogP contribution in [0.1, 0.15) is 5.56 Å². The molecule has 0 heterocycles. The first-order valence-corrected chi connectivity index (χ1v) is 7.83. The molecule has 0 atom stereocenters. The molecule has 0 aromatic heterocycles. The third-order valence-corrected chi connectivity index (χ3v) is 3.89. The highest BCUT2D eigenvalue weighted by molar-refractivity contribution is 8.00. The standard InChI is InChI=1S/C15H13BClFN2OS/c16-13-6-5-12(7-14(13)18)22-20-11-3-1-10(2-4-11)9-19-15(21)8-17/h1-7,20H,8-9H2,(H,19,21). The highest BCUT2D eigenvalue weighted by Gasteiger charge is 2.01. The van der Waals surface area contributed by atoms with Crippen molar-refractivity contribution in [2.75, 3.05) is 10.6 Å². The lowest BCUT2D eigenvalue weighted by Gasteiger charge is -2.08. The normalized spacial score (nSPS) is 10.3. The van der Waals surface area contributed by atoms with E-state index < -0.39 is 5.82 Å². The second kappa shape index (κ2) is 8.10. The average Bonchev–Trinajstić information content (AvgIpc) is 2.54. The smallest absolute Gasteiger partial charge is 0.235 e. The molecule has 3 nitrogen and oxygen atoms in total. The SMILES string of the molecule is [B]c1ccc(SNc2ccc(CNC(=O)CCl)cc2)cc1F. The van der Waals surface area contributed by atoms with Crippen molar-refractivity contribution in [1.29, 1.82) is 0 Å². The van der Waals surface area contributed by atoms with Crippen molar-refractivity contribution in [3.8, 4) is 0 Å². The second-order valence-electron chi connectivity index (χ2n) is 4.49. The molecule has 2 N–H and O–H groups in total. The lowest BCUT2D eigenvalue weighted by molar-refractivity contribution is -0.118. The van der Waals surface area contributed by atoms with Gasteiger partial charge in [0.25, 0.3) is 0 Å². The average molecular weight is 335 g/mol. The van der Waals surface area contributed by atoms with E-state index in [1.807, 2.05) is 24.3 Å². The van der Waals surface area contributed by atoms with Crippen LogP contribution in [-0.4, -0.2) is 19.6 Å². The van der Waals surface area contributed by atoms with E-state index in [0.29, 0.717) is 6.54 Å². The van der Waals surface area contributed by atoms with Gasteiger partial charge in [-0.3, -0.25) is 4.79 Å². The molecular weight excluding hydrogens is 322 g/mol. The van der Waals surface area contributed by atoms with Crippen LogP contribution in [0.3, 0.4) is 0 Å². The lowest BCUT2D eigenvalue weighted by atomic mass is 9.96. The molecule has 0 aliphatic carbocycles. The summed E-state index contributed by atoms with van der Waals surface area (Å²) in [5.41, 5.74) is 1.97. The van der Waals surface area contributed by atoms with Crippen LogP contribution >= 0.6 is 23.5 Å². The van der Waals surface area contributed by atoms with Gasteiger partial charge in [-0.1, -0.05) is 23.7 Å². The molecule has 0 fully saturated rings. The van der Waals surface area contributed by atoms with E-state index in [1.165, 1.54) is 24.1 Å². The van der Waals surface area contributed by atoms with Crippen LogP contribution in [0.2, 0.25) is 0 Å². The van der Waals surface area contributed by atoms with Gasteiger partial charge in [0, 0.05) is 17.1 Å². The van der Waals surface area contributed by atoms with E-state index in [1.54, 1.807) is 6.07 Å². The quantitative estimate of drug-likeness (QED) is 0.485. The summed E-state index contributed by atoms with van der Waals surface area (Å²) < 4.78 is 16.4. The number of hydrogen-bond acceptors (Lipinski definition) is 3. The molecule has 2 rings (SSSR count). The Hall–Kier alpha value is -1.66. The van der Waals surface area contributed by atoms with Gasteiger partial charge in [-0.05, 0) is 41.8 Å². The van der Waals surface area contributed by atoms with E-state index >= 15 is 0 Å². The molecule has 0 aliphatic heterocycles. The molecule has 0 bridgehead atoms. The van der Waals surface area contributed by atoms with E-state index in [-0.39, 0.29) is 17.2 Å². The number of halogens is 2. The number of anilines is 1. The third-order valence-electron chi connectivity index (χ3n) is 2.82. The zero-order valence-corrected chi connectivity index (χ0v) is 13.2. The Morgan fingerprint density at radius 2 is 1.95 bits per heavy atom. The summed E-state index contributed by atoms with van der Waals surface area (Å²) >= 11 is 6.70. The van der Waals surface area contributed by atoms with Crippen molar-refractivity contribution in [2.24, 2.45) is 0 Å². The van der Waals surface area contributed by atoms with Crippen molar-refractivity contribution >= 4 is 48.5 Å². The highest BCUT2D eigenvalue weighted by Crippen LogP contribution is 2.21. The lowest BCUT2D eigenvalue weighted by Crippen LogP contribution is -2.23. The minimum Gasteiger partial charge on any atom is -0.351 e. The zero-order valence-electron chi connectivity index (χ0n) is 11.6. The first-order chi connectivity index (χ1) is 10.6. The van der Waals surface area contributed by atoms with Crippen LogP contribution in [-0.2, 0) is 11.3 Å². The molecule has 112 valence electrons. The molecule has 0 aliphatic rings. The summed E-state index contributed by atoms with van der Waals surface area (Å²) in [6.45, 7) is 0.433. The van der Waals surface area contributed by atoms with Crippen LogP contribution < -0.4 is 15.5 Å². The van der Waals surface area contributed by atoms with E-state index in [9.17, 15) is 9.18 Å². The molecule has 2 aromatic carbocycles. The molecule has 0 unspecified atom stereocenters. The highest BCUT2D eigenvalue weighted by atomic mass is 35.5. The first kappa shape index (κ1) is 16.7. The van der Waals surface area contributed by atoms with Crippen molar-refractivity contribution in [3.63, 3.8) is 0 Å². The largest absolute Gasteiger partial charge is 0.351 e. The molecule has 2 radical (unpaired) electrons. The van der Waals surface area contributed by atoms with Gasteiger partial charge < -0.3 is 10.0 Å². The first-order valence-electron chi connectivity index (χ1n) is 6.48. The molecule has 7 heteroatoms. The molecule has 0 saturated carbocycles. The zero-order chi connectivity index (χ0) is 15.9.